The van der Waals surface area contributed by atoms with Gasteiger partial charge < -0.3 is 4.74 Å². The number of ether oxygens (including phenoxy) is 1. The lowest BCUT2D eigenvalue weighted by Gasteiger charge is -2.58. The van der Waals surface area contributed by atoms with Gasteiger partial charge in [0.25, 0.3) is 0 Å². The normalized spacial score (nSPS) is 36.3. The number of esters is 1. The Morgan fingerprint density at radius 1 is 1.35 bits per heavy atom. The van der Waals surface area contributed by atoms with Gasteiger partial charge in [-0.05, 0) is 54.8 Å². The highest BCUT2D eigenvalue weighted by Gasteiger charge is 2.52. The Balaban J connectivity index is 2.15. The lowest BCUT2D eigenvalue weighted by molar-refractivity contribution is -0.142. The topological polar surface area (TPSA) is 26.3 Å². The zero-order valence-corrected chi connectivity index (χ0v) is 13.6. The van der Waals surface area contributed by atoms with Gasteiger partial charge in [-0.2, -0.15) is 0 Å². The summed E-state index contributed by atoms with van der Waals surface area (Å²) in [5, 5.41) is 0. The van der Waals surface area contributed by atoms with Gasteiger partial charge in [-0.15, -0.1) is 0 Å². The maximum absolute atomic E-state index is 11.0. The summed E-state index contributed by atoms with van der Waals surface area (Å²) < 4.78 is 5.19. The second-order valence-corrected chi connectivity index (χ2v) is 7.78. The van der Waals surface area contributed by atoms with E-state index in [1.165, 1.54) is 38.2 Å². The second-order valence-electron chi connectivity index (χ2n) is 7.78. The Morgan fingerprint density at radius 3 is 2.70 bits per heavy atom. The summed E-state index contributed by atoms with van der Waals surface area (Å²) in [6.45, 7) is 13.7. The van der Waals surface area contributed by atoms with Crippen LogP contribution in [0.2, 0.25) is 0 Å². The second kappa shape index (κ2) is 5.54. The van der Waals surface area contributed by atoms with E-state index in [0.29, 0.717) is 23.4 Å². The van der Waals surface area contributed by atoms with E-state index in [4.69, 9.17) is 4.74 Å². The molecule has 2 fully saturated rings. The van der Waals surface area contributed by atoms with Crippen LogP contribution in [0, 0.1) is 22.7 Å². The number of allylic oxidation sites excluding steroid dienone is 1. The third-order valence-electron chi connectivity index (χ3n) is 6.03. The van der Waals surface area contributed by atoms with Crippen molar-refractivity contribution < 1.29 is 9.53 Å². The monoisotopic (exact) mass is 278 g/mol. The minimum atomic E-state index is -0.169. The van der Waals surface area contributed by atoms with Crippen molar-refractivity contribution in [2.45, 2.75) is 66.2 Å². The molecule has 0 amide bonds. The molecule has 2 saturated carbocycles. The molecule has 3 atom stereocenters. The van der Waals surface area contributed by atoms with Gasteiger partial charge in [0.05, 0.1) is 6.61 Å². The summed E-state index contributed by atoms with van der Waals surface area (Å²) in [5.41, 5.74) is 2.17. The summed E-state index contributed by atoms with van der Waals surface area (Å²) in [4.78, 5) is 11.0. The van der Waals surface area contributed by atoms with Crippen LogP contribution < -0.4 is 0 Å². The van der Waals surface area contributed by atoms with Crippen molar-refractivity contribution in [3.63, 3.8) is 0 Å². The van der Waals surface area contributed by atoms with Crippen molar-refractivity contribution in [2.75, 3.05) is 6.61 Å². The van der Waals surface area contributed by atoms with Crippen molar-refractivity contribution in [1.29, 1.82) is 0 Å². The predicted molar refractivity (Wildman–Crippen MR) is 82.3 cm³/mol. The summed E-state index contributed by atoms with van der Waals surface area (Å²) in [7, 11) is 0. The number of carbonyl (C=O) groups excluding carboxylic acids is 1. The average molecular weight is 278 g/mol. The molecule has 20 heavy (non-hydrogen) atoms. The van der Waals surface area contributed by atoms with E-state index in [1.807, 2.05) is 0 Å². The molecule has 0 radical (unpaired) electrons. The molecule has 2 aliphatic rings. The fourth-order valence-electron chi connectivity index (χ4n) is 5.13. The molecule has 0 heterocycles. The summed E-state index contributed by atoms with van der Waals surface area (Å²) in [6, 6.07) is 0. The molecule has 0 aliphatic heterocycles. The largest absolute Gasteiger partial charge is 0.466 e. The Labute approximate surface area is 124 Å². The Kier molecular flexibility index (Phi) is 4.32. The molecule has 114 valence electrons. The van der Waals surface area contributed by atoms with Crippen LogP contribution in [-0.4, -0.2) is 12.6 Å². The van der Waals surface area contributed by atoms with Gasteiger partial charge in [0.15, 0.2) is 0 Å². The van der Waals surface area contributed by atoms with E-state index in [9.17, 15) is 4.79 Å². The zero-order chi connectivity index (χ0) is 15.0. The van der Waals surface area contributed by atoms with Crippen LogP contribution >= 0.6 is 0 Å². The van der Waals surface area contributed by atoms with Gasteiger partial charge in [-0.3, -0.25) is 4.79 Å². The number of fused-ring (bicyclic) bond motifs is 1. The third kappa shape index (κ3) is 2.80. The zero-order valence-electron chi connectivity index (χ0n) is 13.6. The molecule has 0 aromatic heterocycles. The van der Waals surface area contributed by atoms with Crippen LogP contribution in [0.25, 0.3) is 0 Å². The number of carbonyl (C=O) groups is 1. The van der Waals surface area contributed by atoms with Gasteiger partial charge in [0.1, 0.15) is 0 Å². The van der Waals surface area contributed by atoms with Crippen LogP contribution in [0.1, 0.15) is 66.2 Å². The van der Waals surface area contributed by atoms with Crippen molar-refractivity contribution in [1.82, 2.24) is 0 Å². The molecule has 0 aromatic carbocycles. The van der Waals surface area contributed by atoms with E-state index in [0.717, 1.165) is 18.8 Å². The van der Waals surface area contributed by atoms with E-state index in [2.05, 4.69) is 27.4 Å². The summed E-state index contributed by atoms with van der Waals surface area (Å²) in [5.74, 6) is 1.12. The first-order chi connectivity index (χ1) is 9.27. The number of hydrogen-bond acceptors (Lipinski definition) is 2. The van der Waals surface area contributed by atoms with E-state index >= 15 is 0 Å². The smallest absolute Gasteiger partial charge is 0.302 e. The molecule has 0 aromatic rings. The quantitative estimate of drug-likeness (QED) is 0.550. The van der Waals surface area contributed by atoms with Crippen LogP contribution in [0.5, 0.6) is 0 Å². The minimum Gasteiger partial charge on any atom is -0.466 e. The lowest BCUT2D eigenvalue weighted by Crippen LogP contribution is -2.49. The van der Waals surface area contributed by atoms with Gasteiger partial charge >= 0.3 is 5.97 Å². The molecule has 2 aliphatic carbocycles. The van der Waals surface area contributed by atoms with Crippen molar-refractivity contribution in [3.8, 4) is 0 Å². The molecule has 0 unspecified atom stereocenters. The first-order valence-electron chi connectivity index (χ1n) is 8.08. The maximum atomic E-state index is 11.0. The van der Waals surface area contributed by atoms with Gasteiger partial charge in [-0.25, -0.2) is 0 Å². The molecular weight excluding hydrogens is 248 g/mol. The maximum Gasteiger partial charge on any atom is 0.302 e. The molecule has 0 N–H and O–H groups in total. The Morgan fingerprint density at radius 2 is 2.05 bits per heavy atom. The molecule has 2 rings (SSSR count). The fourth-order valence-corrected chi connectivity index (χ4v) is 5.13. The summed E-state index contributed by atoms with van der Waals surface area (Å²) in [6.07, 6.45) is 7.33. The third-order valence-corrected chi connectivity index (χ3v) is 6.03. The minimum absolute atomic E-state index is 0.169. The van der Waals surface area contributed by atoms with E-state index in [1.54, 1.807) is 0 Å². The molecule has 0 spiro atoms. The van der Waals surface area contributed by atoms with Crippen LogP contribution in [-0.2, 0) is 9.53 Å². The van der Waals surface area contributed by atoms with Crippen LogP contribution in [0.3, 0.4) is 0 Å². The van der Waals surface area contributed by atoms with Crippen molar-refractivity contribution in [3.05, 3.63) is 12.2 Å². The van der Waals surface area contributed by atoms with Gasteiger partial charge in [0.2, 0.25) is 0 Å². The standard InChI is InChI=1S/C18H30O2/c1-13-7-8-16-17(3,4)10-6-11-18(16,5)15(13)9-12-20-14(2)19/h15-16H,1,6-12H2,2-5H3/t15-,16-,18-/m0/s1. The Bertz CT molecular complexity index is 396. The molecular formula is C18H30O2. The first-order valence-corrected chi connectivity index (χ1v) is 8.08. The highest BCUT2D eigenvalue weighted by atomic mass is 16.5. The number of hydrogen-bond donors (Lipinski definition) is 0. The molecule has 0 bridgehead atoms. The van der Waals surface area contributed by atoms with Crippen LogP contribution in [0.4, 0.5) is 0 Å². The highest BCUT2D eigenvalue weighted by molar-refractivity contribution is 5.65. The lowest BCUT2D eigenvalue weighted by atomic mass is 9.47. The van der Waals surface area contributed by atoms with Crippen molar-refractivity contribution in [2.24, 2.45) is 22.7 Å². The summed E-state index contributed by atoms with van der Waals surface area (Å²) >= 11 is 0. The highest BCUT2D eigenvalue weighted by Crippen LogP contribution is 2.61. The molecule has 0 saturated heterocycles. The van der Waals surface area contributed by atoms with Crippen LogP contribution in [0.15, 0.2) is 12.2 Å². The number of rotatable bonds is 3. The van der Waals surface area contributed by atoms with Gasteiger partial charge in [-0.1, -0.05) is 39.3 Å². The Hall–Kier alpha value is -0.790. The van der Waals surface area contributed by atoms with Gasteiger partial charge in [0, 0.05) is 6.92 Å². The van der Waals surface area contributed by atoms with E-state index in [-0.39, 0.29) is 5.97 Å². The average Bonchev–Trinajstić information content (AvgIpc) is 2.31. The molecule has 2 nitrogen and oxygen atoms in total. The van der Waals surface area contributed by atoms with Crippen molar-refractivity contribution >= 4 is 5.97 Å². The first kappa shape index (κ1) is 15.6. The van der Waals surface area contributed by atoms with E-state index < -0.39 is 0 Å². The molecule has 2 heteroatoms. The SMILES string of the molecule is C=C1CC[C@H]2C(C)(C)CCC[C@@]2(C)[C@H]1CCOC(C)=O. The predicted octanol–water partition coefficient (Wildman–Crippen LogP) is 4.74. The fraction of sp³-hybridized carbons (Fsp3) is 0.833.